The van der Waals surface area contributed by atoms with Crippen molar-refractivity contribution in [2.45, 2.75) is 50.6 Å². The lowest BCUT2D eigenvalue weighted by Gasteiger charge is -2.26. The van der Waals surface area contributed by atoms with E-state index in [4.69, 9.17) is 4.74 Å². The maximum atomic E-state index is 12.3. The Hall–Kier alpha value is -1.76. The van der Waals surface area contributed by atoms with Crippen molar-refractivity contribution in [2.24, 2.45) is 0 Å². The number of benzene rings is 1. The molecule has 0 N–H and O–H groups in total. The highest BCUT2D eigenvalue weighted by atomic mass is 19.4. The number of ether oxygens (including phenoxy) is 2. The van der Waals surface area contributed by atoms with Crippen molar-refractivity contribution in [3.8, 4) is 5.75 Å². The highest BCUT2D eigenvalue weighted by Crippen LogP contribution is 2.36. The average molecular weight is 343 g/mol. The number of hydrogen-bond donors (Lipinski definition) is 0. The highest BCUT2D eigenvalue weighted by Gasteiger charge is 2.38. The van der Waals surface area contributed by atoms with Crippen molar-refractivity contribution in [2.75, 3.05) is 13.2 Å². The van der Waals surface area contributed by atoms with Gasteiger partial charge in [0.1, 0.15) is 5.75 Å². The van der Waals surface area contributed by atoms with Crippen molar-refractivity contribution in [3.05, 3.63) is 29.8 Å². The molecule has 0 aliphatic carbocycles. The minimum absolute atomic E-state index is 0.0676. The molecule has 1 amide bonds. The van der Waals surface area contributed by atoms with Crippen molar-refractivity contribution >= 4 is 5.91 Å². The molecule has 0 aromatic heterocycles. The lowest BCUT2D eigenvalue weighted by atomic mass is 9.92. The number of rotatable bonds is 3. The van der Waals surface area contributed by atoms with Crippen LogP contribution >= 0.6 is 0 Å². The van der Waals surface area contributed by atoms with E-state index in [-0.39, 0.29) is 17.3 Å². The summed E-state index contributed by atoms with van der Waals surface area (Å²) in [6.45, 7) is 1.76. The molecule has 0 bridgehead atoms. The van der Waals surface area contributed by atoms with E-state index < -0.39 is 6.36 Å². The SMILES string of the molecule is O=C1CC[C@]2(CCCO2)CCN1Cc1ccc(OC(F)(F)F)cc1. The zero-order valence-electron chi connectivity index (χ0n) is 13.3. The summed E-state index contributed by atoms with van der Waals surface area (Å²) in [6, 6.07) is 5.65. The summed E-state index contributed by atoms with van der Waals surface area (Å²) >= 11 is 0. The first-order valence-electron chi connectivity index (χ1n) is 8.12. The van der Waals surface area contributed by atoms with Gasteiger partial charge < -0.3 is 14.4 Å². The number of nitrogens with zero attached hydrogens (tertiary/aromatic N) is 1. The van der Waals surface area contributed by atoms with Gasteiger partial charge in [0.25, 0.3) is 0 Å². The van der Waals surface area contributed by atoms with E-state index in [1.54, 1.807) is 17.0 Å². The molecule has 7 heteroatoms. The molecule has 2 fully saturated rings. The molecule has 1 aromatic rings. The molecule has 2 saturated heterocycles. The van der Waals surface area contributed by atoms with Gasteiger partial charge in [0.2, 0.25) is 5.91 Å². The summed E-state index contributed by atoms with van der Waals surface area (Å²) in [7, 11) is 0. The number of carbonyl (C=O) groups excluding carboxylic acids is 1. The van der Waals surface area contributed by atoms with Crippen LogP contribution < -0.4 is 4.74 Å². The summed E-state index contributed by atoms with van der Waals surface area (Å²) in [5.74, 6) is -0.190. The number of carbonyl (C=O) groups is 1. The molecule has 0 radical (unpaired) electrons. The van der Waals surface area contributed by atoms with Gasteiger partial charge in [-0.1, -0.05) is 12.1 Å². The Bertz CT molecular complexity index is 580. The van der Waals surface area contributed by atoms with Crippen molar-refractivity contribution < 1.29 is 27.4 Å². The molecule has 24 heavy (non-hydrogen) atoms. The summed E-state index contributed by atoms with van der Waals surface area (Å²) in [4.78, 5) is 14.1. The predicted molar refractivity (Wildman–Crippen MR) is 80.3 cm³/mol. The normalized spacial score (nSPS) is 25.1. The Morgan fingerprint density at radius 3 is 2.54 bits per heavy atom. The first-order valence-corrected chi connectivity index (χ1v) is 8.12. The van der Waals surface area contributed by atoms with E-state index in [2.05, 4.69) is 4.74 Å². The quantitative estimate of drug-likeness (QED) is 0.841. The van der Waals surface area contributed by atoms with Gasteiger partial charge in [-0.15, -0.1) is 13.2 Å². The molecule has 2 aliphatic rings. The fourth-order valence-electron chi connectivity index (χ4n) is 3.41. The topological polar surface area (TPSA) is 38.8 Å². The molecular formula is C17H20F3NO3. The van der Waals surface area contributed by atoms with Crippen LogP contribution in [0.2, 0.25) is 0 Å². The van der Waals surface area contributed by atoms with E-state index in [0.717, 1.165) is 37.9 Å². The zero-order valence-corrected chi connectivity index (χ0v) is 13.3. The van der Waals surface area contributed by atoms with Crippen molar-refractivity contribution in [1.29, 1.82) is 0 Å². The van der Waals surface area contributed by atoms with E-state index in [1.165, 1.54) is 12.1 Å². The van der Waals surface area contributed by atoms with Gasteiger partial charge in [0.05, 0.1) is 5.60 Å². The fraction of sp³-hybridized carbons (Fsp3) is 0.588. The first-order chi connectivity index (χ1) is 11.4. The second-order valence-electron chi connectivity index (χ2n) is 6.39. The summed E-state index contributed by atoms with van der Waals surface area (Å²) in [5.41, 5.74) is 0.621. The lowest BCUT2D eigenvalue weighted by Crippen LogP contribution is -2.32. The van der Waals surface area contributed by atoms with Crippen LogP contribution in [0.25, 0.3) is 0 Å². The summed E-state index contributed by atoms with van der Waals surface area (Å²) in [6.07, 6.45) is -0.645. The van der Waals surface area contributed by atoms with Crippen LogP contribution in [-0.2, 0) is 16.1 Å². The van der Waals surface area contributed by atoms with Gasteiger partial charge in [0, 0.05) is 26.1 Å². The molecule has 1 aromatic carbocycles. The Labute approximate surface area is 138 Å². The van der Waals surface area contributed by atoms with E-state index in [9.17, 15) is 18.0 Å². The largest absolute Gasteiger partial charge is 0.573 e. The third-order valence-corrected chi connectivity index (χ3v) is 4.70. The standard InChI is InChI=1S/C17H20F3NO3/c18-17(19,20)24-14-4-2-13(3-5-14)12-21-10-9-16(7-1-11-23-16)8-6-15(21)22/h2-5H,1,6-12H2/t16-/m1/s1. The maximum Gasteiger partial charge on any atom is 0.573 e. The predicted octanol–water partition coefficient (Wildman–Crippen LogP) is 3.65. The van der Waals surface area contributed by atoms with Crippen LogP contribution in [0.3, 0.4) is 0 Å². The first kappa shape index (κ1) is 17.1. The summed E-state index contributed by atoms with van der Waals surface area (Å²) in [5, 5.41) is 0. The Morgan fingerprint density at radius 1 is 1.17 bits per heavy atom. The monoisotopic (exact) mass is 343 g/mol. The Morgan fingerprint density at radius 2 is 1.92 bits per heavy atom. The number of hydrogen-bond acceptors (Lipinski definition) is 3. The minimum Gasteiger partial charge on any atom is -0.406 e. The third-order valence-electron chi connectivity index (χ3n) is 4.70. The van der Waals surface area contributed by atoms with Gasteiger partial charge >= 0.3 is 6.36 Å². The lowest BCUT2D eigenvalue weighted by molar-refractivity contribution is -0.274. The number of amides is 1. The van der Waals surface area contributed by atoms with Crippen molar-refractivity contribution in [1.82, 2.24) is 4.90 Å². The van der Waals surface area contributed by atoms with Gasteiger partial charge in [-0.25, -0.2) is 0 Å². The minimum atomic E-state index is -4.70. The highest BCUT2D eigenvalue weighted by molar-refractivity contribution is 5.76. The fourth-order valence-corrected chi connectivity index (χ4v) is 3.41. The smallest absolute Gasteiger partial charge is 0.406 e. The van der Waals surface area contributed by atoms with Crippen LogP contribution in [0, 0.1) is 0 Å². The molecule has 2 aliphatic heterocycles. The summed E-state index contributed by atoms with van der Waals surface area (Å²) < 4.78 is 46.2. The third kappa shape index (κ3) is 4.20. The van der Waals surface area contributed by atoms with Gasteiger partial charge in [-0.2, -0.15) is 0 Å². The molecule has 4 nitrogen and oxygen atoms in total. The van der Waals surface area contributed by atoms with E-state index in [1.807, 2.05) is 0 Å². The Balaban J connectivity index is 1.61. The van der Waals surface area contributed by atoms with Gasteiger partial charge in [0.15, 0.2) is 0 Å². The molecule has 1 spiro atoms. The molecule has 3 rings (SSSR count). The molecular weight excluding hydrogens is 323 g/mol. The molecule has 2 heterocycles. The van der Waals surface area contributed by atoms with Crippen LogP contribution in [0.15, 0.2) is 24.3 Å². The van der Waals surface area contributed by atoms with E-state index >= 15 is 0 Å². The maximum absolute atomic E-state index is 12.3. The van der Waals surface area contributed by atoms with Crippen LogP contribution in [0.1, 0.15) is 37.7 Å². The van der Waals surface area contributed by atoms with Gasteiger partial charge in [-0.3, -0.25) is 4.79 Å². The molecule has 0 unspecified atom stereocenters. The second-order valence-corrected chi connectivity index (χ2v) is 6.39. The Kier molecular flexibility index (Phi) is 4.71. The number of likely N-dealkylation sites (tertiary alicyclic amines) is 1. The number of halogens is 3. The molecule has 132 valence electrons. The molecule has 0 saturated carbocycles. The average Bonchev–Trinajstić information content (AvgIpc) is 2.92. The van der Waals surface area contributed by atoms with Crippen molar-refractivity contribution in [3.63, 3.8) is 0 Å². The van der Waals surface area contributed by atoms with Gasteiger partial charge in [-0.05, 0) is 43.4 Å². The van der Waals surface area contributed by atoms with E-state index in [0.29, 0.717) is 19.5 Å². The van der Waals surface area contributed by atoms with Crippen LogP contribution in [0.5, 0.6) is 5.75 Å². The zero-order chi connectivity index (χ0) is 17.2. The van der Waals surface area contributed by atoms with Crippen LogP contribution in [-0.4, -0.2) is 35.9 Å². The second kappa shape index (κ2) is 6.63. The number of alkyl halides is 3. The molecule has 1 atom stereocenters. The van der Waals surface area contributed by atoms with Crippen LogP contribution in [0.4, 0.5) is 13.2 Å².